The molecule has 0 atom stereocenters. The summed E-state index contributed by atoms with van der Waals surface area (Å²) in [6, 6.07) is 0. The Hall–Kier alpha value is -2.18. The minimum Gasteiger partial charge on any atom is -0.383 e. The van der Waals surface area contributed by atoms with E-state index in [1.165, 1.54) is 12.7 Å². The van der Waals surface area contributed by atoms with Crippen molar-refractivity contribution >= 4 is 11.6 Å². The van der Waals surface area contributed by atoms with Crippen LogP contribution in [0.3, 0.4) is 0 Å². The van der Waals surface area contributed by atoms with Gasteiger partial charge in [-0.15, -0.1) is 0 Å². The fourth-order valence-corrected chi connectivity index (χ4v) is 1.08. The summed E-state index contributed by atoms with van der Waals surface area (Å²) in [6.45, 7) is 2.28. The molecule has 78 valence electrons. The Balaban J connectivity index is 2.08. The highest BCUT2D eigenvalue weighted by molar-refractivity contribution is 5.53. The largest absolute Gasteiger partial charge is 0.383 e. The molecule has 0 saturated carbocycles. The van der Waals surface area contributed by atoms with Gasteiger partial charge < -0.3 is 15.6 Å². The first-order valence-electron chi connectivity index (χ1n) is 4.33. The molecular weight excluding hydrogens is 196 g/mol. The summed E-state index contributed by atoms with van der Waals surface area (Å²) in [5, 5.41) is 6.70. The summed E-state index contributed by atoms with van der Waals surface area (Å²) >= 11 is 0. The van der Waals surface area contributed by atoms with Gasteiger partial charge in [0.1, 0.15) is 18.0 Å². The molecule has 15 heavy (non-hydrogen) atoms. The average molecular weight is 206 g/mol. The molecule has 0 radical (unpaired) electrons. The monoisotopic (exact) mass is 206 g/mol. The standard InChI is InChI=1S/C8H10N6O/c1-5-7(9)11-3-12-8(5)10-2-6-13-4-15-14-6/h3-4H,2H2,1H3,(H3,9,10,11,12). The number of nitrogen functional groups attached to an aromatic ring is 1. The summed E-state index contributed by atoms with van der Waals surface area (Å²) in [4.78, 5) is 11.8. The van der Waals surface area contributed by atoms with Gasteiger partial charge in [0, 0.05) is 5.56 Å². The number of nitrogens with two attached hydrogens (primary N) is 1. The lowest BCUT2D eigenvalue weighted by molar-refractivity contribution is 0.411. The molecule has 0 bridgehead atoms. The lowest BCUT2D eigenvalue weighted by Crippen LogP contribution is -2.06. The summed E-state index contributed by atoms with van der Waals surface area (Å²) in [7, 11) is 0. The molecule has 0 aliphatic rings. The van der Waals surface area contributed by atoms with Crippen molar-refractivity contribution in [3.05, 3.63) is 24.1 Å². The van der Waals surface area contributed by atoms with Gasteiger partial charge in [-0.2, -0.15) is 4.98 Å². The number of hydrogen-bond acceptors (Lipinski definition) is 7. The Kier molecular flexibility index (Phi) is 2.44. The lowest BCUT2D eigenvalue weighted by Gasteiger charge is -2.06. The van der Waals surface area contributed by atoms with Crippen LogP contribution >= 0.6 is 0 Å². The molecule has 2 heterocycles. The van der Waals surface area contributed by atoms with Crippen molar-refractivity contribution in [3.63, 3.8) is 0 Å². The number of aromatic nitrogens is 4. The molecule has 7 nitrogen and oxygen atoms in total. The van der Waals surface area contributed by atoms with Gasteiger partial charge >= 0.3 is 0 Å². The lowest BCUT2D eigenvalue weighted by atomic mass is 10.3. The summed E-state index contributed by atoms with van der Waals surface area (Å²) < 4.78 is 4.60. The Morgan fingerprint density at radius 1 is 1.40 bits per heavy atom. The van der Waals surface area contributed by atoms with Crippen molar-refractivity contribution in [3.8, 4) is 0 Å². The minimum atomic E-state index is 0.438. The molecule has 7 heteroatoms. The van der Waals surface area contributed by atoms with Crippen molar-refractivity contribution < 1.29 is 4.52 Å². The molecular formula is C8H10N6O. The molecule has 2 aromatic heterocycles. The molecule has 2 rings (SSSR count). The van der Waals surface area contributed by atoms with Gasteiger partial charge in [0.25, 0.3) is 0 Å². The number of hydrogen-bond donors (Lipinski definition) is 2. The molecule has 0 aromatic carbocycles. The molecule has 3 N–H and O–H groups in total. The second-order valence-electron chi connectivity index (χ2n) is 2.93. The van der Waals surface area contributed by atoms with Gasteiger partial charge in [0.05, 0.1) is 6.54 Å². The highest BCUT2D eigenvalue weighted by Crippen LogP contribution is 2.15. The number of rotatable bonds is 3. The summed E-state index contributed by atoms with van der Waals surface area (Å²) in [5.41, 5.74) is 6.44. The smallest absolute Gasteiger partial charge is 0.213 e. The van der Waals surface area contributed by atoms with E-state index in [-0.39, 0.29) is 0 Å². The van der Waals surface area contributed by atoms with Crippen LogP contribution in [0.5, 0.6) is 0 Å². The van der Waals surface area contributed by atoms with E-state index < -0.39 is 0 Å². The third-order valence-electron chi connectivity index (χ3n) is 1.94. The van der Waals surface area contributed by atoms with E-state index in [1.807, 2.05) is 6.92 Å². The van der Waals surface area contributed by atoms with Crippen LogP contribution in [0, 0.1) is 6.92 Å². The van der Waals surface area contributed by atoms with Crippen molar-refractivity contribution in [2.24, 2.45) is 0 Å². The first-order chi connectivity index (χ1) is 7.27. The highest BCUT2D eigenvalue weighted by atomic mass is 16.5. The van der Waals surface area contributed by atoms with Crippen molar-refractivity contribution in [2.45, 2.75) is 13.5 Å². The second kappa shape index (κ2) is 3.91. The number of nitrogens with one attached hydrogen (secondary N) is 1. The molecule has 0 saturated heterocycles. The quantitative estimate of drug-likeness (QED) is 0.747. The van der Waals surface area contributed by atoms with Gasteiger partial charge in [0.15, 0.2) is 5.82 Å². The van der Waals surface area contributed by atoms with E-state index in [0.717, 1.165) is 5.56 Å². The van der Waals surface area contributed by atoms with Gasteiger partial charge in [-0.1, -0.05) is 5.16 Å². The van der Waals surface area contributed by atoms with Crippen LogP contribution in [-0.4, -0.2) is 20.1 Å². The van der Waals surface area contributed by atoms with Crippen LogP contribution in [0.1, 0.15) is 11.4 Å². The predicted octanol–water partition coefficient (Wildman–Crippen LogP) is 0.362. The minimum absolute atomic E-state index is 0.438. The van der Waals surface area contributed by atoms with Crippen molar-refractivity contribution in [1.29, 1.82) is 0 Å². The van der Waals surface area contributed by atoms with Crippen molar-refractivity contribution in [2.75, 3.05) is 11.1 Å². The van der Waals surface area contributed by atoms with Crippen LogP contribution in [0.2, 0.25) is 0 Å². The van der Waals surface area contributed by atoms with Crippen molar-refractivity contribution in [1.82, 2.24) is 20.1 Å². The van der Waals surface area contributed by atoms with E-state index in [1.54, 1.807) is 0 Å². The van der Waals surface area contributed by atoms with Crippen LogP contribution < -0.4 is 11.1 Å². The van der Waals surface area contributed by atoms with E-state index >= 15 is 0 Å². The molecule has 0 fully saturated rings. The van der Waals surface area contributed by atoms with Crippen LogP contribution in [0.25, 0.3) is 0 Å². The first-order valence-corrected chi connectivity index (χ1v) is 4.33. The molecule has 0 amide bonds. The first kappa shape index (κ1) is 9.38. The molecule has 0 unspecified atom stereocenters. The Labute approximate surface area is 85.7 Å². The fraction of sp³-hybridized carbons (Fsp3) is 0.250. The zero-order valence-electron chi connectivity index (χ0n) is 8.14. The maximum Gasteiger partial charge on any atom is 0.213 e. The normalized spacial score (nSPS) is 10.2. The zero-order valence-corrected chi connectivity index (χ0v) is 8.14. The Morgan fingerprint density at radius 2 is 2.27 bits per heavy atom. The highest BCUT2D eigenvalue weighted by Gasteiger charge is 2.04. The molecule has 2 aromatic rings. The number of nitrogens with zero attached hydrogens (tertiary/aromatic N) is 4. The predicted molar refractivity (Wildman–Crippen MR) is 52.8 cm³/mol. The van der Waals surface area contributed by atoms with Gasteiger partial charge in [0.2, 0.25) is 6.39 Å². The summed E-state index contributed by atoms with van der Waals surface area (Å²) in [6.07, 6.45) is 2.68. The maximum atomic E-state index is 5.63. The number of anilines is 2. The van der Waals surface area contributed by atoms with Gasteiger partial charge in [-0.05, 0) is 6.92 Å². The van der Waals surface area contributed by atoms with Crippen LogP contribution in [-0.2, 0) is 6.54 Å². The maximum absolute atomic E-state index is 5.63. The third-order valence-corrected chi connectivity index (χ3v) is 1.94. The van der Waals surface area contributed by atoms with Crippen LogP contribution in [0.15, 0.2) is 17.2 Å². The van der Waals surface area contributed by atoms with Crippen LogP contribution in [0.4, 0.5) is 11.6 Å². The topological polar surface area (TPSA) is 103 Å². The summed E-state index contributed by atoms with van der Waals surface area (Å²) in [5.74, 6) is 1.69. The molecule has 0 spiro atoms. The van der Waals surface area contributed by atoms with Gasteiger partial charge in [-0.25, -0.2) is 9.97 Å². The fourth-order valence-electron chi connectivity index (χ4n) is 1.08. The van der Waals surface area contributed by atoms with E-state index in [2.05, 4.69) is 29.9 Å². The van der Waals surface area contributed by atoms with E-state index in [9.17, 15) is 0 Å². The van der Waals surface area contributed by atoms with E-state index in [4.69, 9.17) is 5.73 Å². The third kappa shape index (κ3) is 2.01. The second-order valence-corrected chi connectivity index (χ2v) is 2.93. The average Bonchev–Trinajstić information content (AvgIpc) is 2.73. The van der Waals surface area contributed by atoms with Gasteiger partial charge in [-0.3, -0.25) is 0 Å². The SMILES string of the molecule is Cc1c(N)ncnc1NCc1ncon1. The molecule has 0 aliphatic carbocycles. The van der Waals surface area contributed by atoms with E-state index in [0.29, 0.717) is 24.0 Å². The Morgan fingerprint density at radius 3 is 3.00 bits per heavy atom. The Bertz CT molecular complexity index is 440. The zero-order chi connectivity index (χ0) is 10.7. The molecule has 0 aliphatic heterocycles.